The minimum atomic E-state index is -0.0630. The van der Waals surface area contributed by atoms with Gasteiger partial charge in [-0.25, -0.2) is 0 Å². The van der Waals surface area contributed by atoms with E-state index in [2.05, 4.69) is 39.6 Å². The Hall–Kier alpha value is -2.89. The Morgan fingerprint density at radius 3 is 2.68 bits per heavy atom. The molecule has 0 atom stereocenters. The van der Waals surface area contributed by atoms with E-state index in [1.54, 1.807) is 6.07 Å². The summed E-state index contributed by atoms with van der Waals surface area (Å²) in [5, 5.41) is 11.5. The highest BCUT2D eigenvalue weighted by molar-refractivity contribution is 5.91. The van der Waals surface area contributed by atoms with Crippen LogP contribution in [0.4, 0.5) is 0 Å². The molecule has 0 saturated carbocycles. The summed E-state index contributed by atoms with van der Waals surface area (Å²) in [4.78, 5) is 14.6. The van der Waals surface area contributed by atoms with Crippen molar-refractivity contribution in [2.24, 2.45) is 0 Å². The monoisotopic (exact) mass is 378 g/mol. The van der Waals surface area contributed by atoms with E-state index < -0.39 is 0 Å². The molecule has 3 aromatic rings. The first-order valence-corrected chi connectivity index (χ1v) is 9.93. The van der Waals surface area contributed by atoms with Crippen molar-refractivity contribution < 1.29 is 9.32 Å². The zero-order valence-corrected chi connectivity index (χ0v) is 16.4. The molecule has 1 fully saturated rings. The SMILES string of the molecule is CC(C)c1cc(C(=O)N2CCC(c3[nH]ncc3Cc3ccccc3)CC2)on1. The molecule has 1 saturated heterocycles. The normalized spacial score (nSPS) is 15.3. The molecule has 1 amide bonds. The summed E-state index contributed by atoms with van der Waals surface area (Å²) in [7, 11) is 0. The molecule has 1 aromatic carbocycles. The summed E-state index contributed by atoms with van der Waals surface area (Å²) in [5.74, 6) is 0.922. The molecule has 1 N–H and O–H groups in total. The standard InChI is InChI=1S/C22H26N4O2/c1-15(2)19-13-20(28-25-19)22(27)26-10-8-17(9-11-26)21-18(14-23-24-21)12-16-6-4-3-5-7-16/h3-7,13-15,17H,8-12H2,1-2H3,(H,23,24). The summed E-state index contributed by atoms with van der Waals surface area (Å²) in [6.07, 6.45) is 4.64. The molecule has 6 heteroatoms. The smallest absolute Gasteiger partial charge is 0.292 e. The molecule has 146 valence electrons. The fourth-order valence-corrected chi connectivity index (χ4v) is 3.82. The van der Waals surface area contributed by atoms with Gasteiger partial charge in [0.25, 0.3) is 5.91 Å². The van der Waals surface area contributed by atoms with Gasteiger partial charge in [-0.15, -0.1) is 0 Å². The molecule has 0 radical (unpaired) electrons. The van der Waals surface area contributed by atoms with Crippen LogP contribution in [0.25, 0.3) is 0 Å². The average molecular weight is 378 g/mol. The Labute approximate surface area is 164 Å². The van der Waals surface area contributed by atoms with Crippen molar-refractivity contribution in [1.82, 2.24) is 20.3 Å². The van der Waals surface area contributed by atoms with Crippen molar-refractivity contribution in [3.05, 3.63) is 70.9 Å². The predicted molar refractivity (Wildman–Crippen MR) is 106 cm³/mol. The molecule has 6 nitrogen and oxygen atoms in total. The van der Waals surface area contributed by atoms with Crippen molar-refractivity contribution in [3.63, 3.8) is 0 Å². The van der Waals surface area contributed by atoms with Crippen LogP contribution in [0.1, 0.15) is 71.6 Å². The zero-order valence-electron chi connectivity index (χ0n) is 16.4. The van der Waals surface area contributed by atoms with E-state index >= 15 is 0 Å². The quantitative estimate of drug-likeness (QED) is 0.724. The third-order valence-electron chi connectivity index (χ3n) is 5.51. The number of benzene rings is 1. The van der Waals surface area contributed by atoms with Gasteiger partial charge >= 0.3 is 0 Å². The largest absolute Gasteiger partial charge is 0.351 e. The molecular formula is C22H26N4O2. The highest BCUT2D eigenvalue weighted by atomic mass is 16.5. The van der Waals surface area contributed by atoms with Crippen LogP contribution in [-0.2, 0) is 6.42 Å². The van der Waals surface area contributed by atoms with Gasteiger partial charge in [-0.05, 0) is 29.9 Å². The maximum absolute atomic E-state index is 12.7. The van der Waals surface area contributed by atoms with E-state index in [1.165, 1.54) is 16.8 Å². The first kappa shape index (κ1) is 18.5. The number of rotatable bonds is 5. The van der Waals surface area contributed by atoms with Crippen LogP contribution < -0.4 is 0 Å². The van der Waals surface area contributed by atoms with Gasteiger partial charge in [0.15, 0.2) is 0 Å². The Kier molecular flexibility index (Phi) is 5.28. The number of amides is 1. The van der Waals surface area contributed by atoms with Gasteiger partial charge in [0.05, 0.1) is 11.9 Å². The fourth-order valence-electron chi connectivity index (χ4n) is 3.82. The molecule has 3 heterocycles. The number of carbonyl (C=O) groups is 1. The van der Waals surface area contributed by atoms with Gasteiger partial charge < -0.3 is 9.42 Å². The first-order chi connectivity index (χ1) is 13.6. The molecule has 0 spiro atoms. The van der Waals surface area contributed by atoms with Gasteiger partial charge in [0, 0.05) is 37.2 Å². The number of carbonyl (C=O) groups excluding carboxylic acids is 1. The summed E-state index contributed by atoms with van der Waals surface area (Å²) < 4.78 is 5.27. The van der Waals surface area contributed by atoms with Crippen LogP contribution in [-0.4, -0.2) is 39.3 Å². The van der Waals surface area contributed by atoms with Crippen molar-refractivity contribution in [2.75, 3.05) is 13.1 Å². The minimum Gasteiger partial charge on any atom is -0.351 e. The summed E-state index contributed by atoms with van der Waals surface area (Å²) >= 11 is 0. The third kappa shape index (κ3) is 3.86. The van der Waals surface area contributed by atoms with Crippen molar-refractivity contribution in [3.8, 4) is 0 Å². The number of nitrogens with zero attached hydrogens (tertiary/aromatic N) is 3. The van der Waals surface area contributed by atoms with Gasteiger partial charge in [-0.3, -0.25) is 9.89 Å². The molecule has 1 aliphatic rings. The number of hydrogen-bond acceptors (Lipinski definition) is 4. The number of H-pyrrole nitrogens is 1. The molecule has 0 unspecified atom stereocenters. The lowest BCUT2D eigenvalue weighted by atomic mass is 9.89. The number of nitrogens with one attached hydrogen (secondary N) is 1. The van der Waals surface area contributed by atoms with E-state index in [9.17, 15) is 4.79 Å². The third-order valence-corrected chi connectivity index (χ3v) is 5.51. The zero-order chi connectivity index (χ0) is 19.5. The van der Waals surface area contributed by atoms with Gasteiger partial charge in [0.1, 0.15) is 0 Å². The van der Waals surface area contributed by atoms with Crippen LogP contribution in [0.2, 0.25) is 0 Å². The topological polar surface area (TPSA) is 75.0 Å². The summed E-state index contributed by atoms with van der Waals surface area (Å²) in [5.41, 5.74) is 4.55. The number of hydrogen-bond donors (Lipinski definition) is 1. The van der Waals surface area contributed by atoms with Crippen LogP contribution in [0.3, 0.4) is 0 Å². The maximum Gasteiger partial charge on any atom is 0.292 e. The Morgan fingerprint density at radius 2 is 2.00 bits per heavy atom. The second-order valence-corrected chi connectivity index (χ2v) is 7.81. The first-order valence-electron chi connectivity index (χ1n) is 9.93. The van der Waals surface area contributed by atoms with E-state index in [-0.39, 0.29) is 11.8 Å². The molecule has 28 heavy (non-hydrogen) atoms. The Bertz CT molecular complexity index is 921. The minimum absolute atomic E-state index is 0.0630. The lowest BCUT2D eigenvalue weighted by Crippen LogP contribution is -2.38. The van der Waals surface area contributed by atoms with Crippen LogP contribution in [0, 0.1) is 0 Å². The highest BCUT2D eigenvalue weighted by Crippen LogP contribution is 2.30. The Morgan fingerprint density at radius 1 is 1.25 bits per heavy atom. The fraction of sp³-hybridized carbons (Fsp3) is 0.409. The van der Waals surface area contributed by atoms with Crippen molar-refractivity contribution in [1.29, 1.82) is 0 Å². The van der Waals surface area contributed by atoms with E-state index in [0.29, 0.717) is 24.8 Å². The second kappa shape index (κ2) is 8.00. The molecule has 4 rings (SSSR count). The highest BCUT2D eigenvalue weighted by Gasteiger charge is 2.28. The van der Waals surface area contributed by atoms with E-state index in [0.717, 1.165) is 25.0 Å². The number of piperidine rings is 1. The lowest BCUT2D eigenvalue weighted by Gasteiger charge is -2.31. The number of aromatic nitrogens is 3. The Balaban J connectivity index is 1.39. The number of aromatic amines is 1. The lowest BCUT2D eigenvalue weighted by molar-refractivity contribution is 0.0670. The molecule has 2 aromatic heterocycles. The second-order valence-electron chi connectivity index (χ2n) is 7.81. The van der Waals surface area contributed by atoms with Crippen LogP contribution >= 0.6 is 0 Å². The summed E-state index contributed by atoms with van der Waals surface area (Å²) in [6, 6.07) is 12.2. The van der Waals surface area contributed by atoms with Crippen LogP contribution in [0.15, 0.2) is 47.1 Å². The molecule has 1 aliphatic heterocycles. The van der Waals surface area contributed by atoms with Gasteiger partial charge in [-0.1, -0.05) is 49.3 Å². The van der Waals surface area contributed by atoms with E-state index in [4.69, 9.17) is 4.52 Å². The van der Waals surface area contributed by atoms with Crippen LogP contribution in [0.5, 0.6) is 0 Å². The molecule has 0 bridgehead atoms. The maximum atomic E-state index is 12.7. The molecular weight excluding hydrogens is 352 g/mol. The van der Waals surface area contributed by atoms with Crippen molar-refractivity contribution >= 4 is 5.91 Å². The van der Waals surface area contributed by atoms with Crippen molar-refractivity contribution in [2.45, 2.75) is 44.9 Å². The predicted octanol–water partition coefficient (Wildman–Crippen LogP) is 4.13. The van der Waals surface area contributed by atoms with E-state index in [1.807, 2.05) is 31.0 Å². The molecule has 0 aliphatic carbocycles. The summed E-state index contributed by atoms with van der Waals surface area (Å²) in [6.45, 7) is 5.50. The van der Waals surface area contributed by atoms with Gasteiger partial charge in [-0.2, -0.15) is 5.10 Å². The average Bonchev–Trinajstić information content (AvgIpc) is 3.38. The number of likely N-dealkylation sites (tertiary alicyclic amines) is 1. The van der Waals surface area contributed by atoms with Gasteiger partial charge in [0.2, 0.25) is 5.76 Å².